The van der Waals surface area contributed by atoms with E-state index in [1.165, 1.54) is 44.6 Å². The number of unbranched alkanes of at least 4 members (excludes halogenated alkanes) is 1. The molecule has 0 aromatic rings. The highest BCUT2D eigenvalue weighted by Gasteiger charge is 2.43. The zero-order valence-electron chi connectivity index (χ0n) is 11.7. The summed E-state index contributed by atoms with van der Waals surface area (Å²) in [7, 11) is -1.37. The second kappa shape index (κ2) is 5.85. The fraction of sp³-hybridized carbons (Fsp3) is 1.00. The summed E-state index contributed by atoms with van der Waals surface area (Å²) in [5, 5.41) is 0. The Kier molecular flexibility index (Phi) is 4.67. The van der Waals surface area contributed by atoms with E-state index in [0.717, 1.165) is 12.5 Å². The van der Waals surface area contributed by atoms with E-state index >= 15 is 0 Å². The van der Waals surface area contributed by atoms with Crippen molar-refractivity contribution in [2.24, 2.45) is 5.92 Å². The monoisotopic (exact) mass is 256 g/mol. The molecule has 1 aliphatic heterocycles. The molecule has 0 N–H and O–H groups in total. The molecule has 0 spiro atoms. The van der Waals surface area contributed by atoms with E-state index < -0.39 is 8.32 Å². The molecule has 17 heavy (non-hydrogen) atoms. The fourth-order valence-corrected chi connectivity index (χ4v) is 4.81. The van der Waals surface area contributed by atoms with Crippen molar-refractivity contribution in [3.63, 3.8) is 0 Å². The first-order chi connectivity index (χ1) is 8.11. The van der Waals surface area contributed by atoms with Gasteiger partial charge in [0.25, 0.3) is 0 Å². The van der Waals surface area contributed by atoms with Gasteiger partial charge in [-0.2, -0.15) is 0 Å². The van der Waals surface area contributed by atoms with Crippen LogP contribution in [-0.2, 0) is 9.16 Å². The molecule has 3 atom stereocenters. The van der Waals surface area contributed by atoms with E-state index in [1.54, 1.807) is 0 Å². The summed E-state index contributed by atoms with van der Waals surface area (Å²) in [4.78, 5) is 0. The van der Waals surface area contributed by atoms with Crippen LogP contribution in [0.3, 0.4) is 0 Å². The Morgan fingerprint density at radius 1 is 1.24 bits per heavy atom. The van der Waals surface area contributed by atoms with E-state index in [4.69, 9.17) is 9.16 Å². The van der Waals surface area contributed by atoms with E-state index in [0.29, 0.717) is 12.2 Å². The molecule has 1 saturated carbocycles. The zero-order chi connectivity index (χ0) is 12.3. The Bertz CT molecular complexity index is 242. The van der Waals surface area contributed by atoms with Crippen molar-refractivity contribution in [3.8, 4) is 0 Å². The van der Waals surface area contributed by atoms with Crippen molar-refractivity contribution >= 4 is 8.32 Å². The minimum Gasteiger partial charge on any atom is -0.417 e. The van der Waals surface area contributed by atoms with Gasteiger partial charge in [-0.3, -0.25) is 0 Å². The largest absolute Gasteiger partial charge is 0.417 e. The van der Waals surface area contributed by atoms with Gasteiger partial charge in [0.05, 0.1) is 12.2 Å². The van der Waals surface area contributed by atoms with Gasteiger partial charge >= 0.3 is 0 Å². The van der Waals surface area contributed by atoms with Gasteiger partial charge in [0, 0.05) is 6.61 Å². The number of fused-ring (bicyclic) bond motifs is 1. The lowest BCUT2D eigenvalue weighted by Gasteiger charge is -2.26. The molecule has 3 heteroatoms. The summed E-state index contributed by atoms with van der Waals surface area (Å²) in [6, 6.07) is 1.33. The van der Waals surface area contributed by atoms with Crippen molar-refractivity contribution in [3.05, 3.63) is 0 Å². The Labute approximate surface area is 107 Å². The summed E-state index contributed by atoms with van der Waals surface area (Å²) < 4.78 is 11.7. The normalized spacial score (nSPS) is 32.3. The molecule has 0 radical (unpaired) electrons. The van der Waals surface area contributed by atoms with E-state index in [9.17, 15) is 0 Å². The molecule has 0 aromatic heterocycles. The van der Waals surface area contributed by atoms with Gasteiger partial charge in [-0.15, -0.1) is 0 Å². The second-order valence-corrected chi connectivity index (χ2v) is 10.7. The van der Waals surface area contributed by atoms with Crippen LogP contribution >= 0.6 is 0 Å². The SMILES string of the molecule is CCCCO[Si](C)(C)CCC1CCC2OC2C1. The highest BCUT2D eigenvalue weighted by molar-refractivity contribution is 6.71. The summed E-state index contributed by atoms with van der Waals surface area (Å²) in [5.41, 5.74) is 0. The van der Waals surface area contributed by atoms with Crippen molar-refractivity contribution in [1.29, 1.82) is 0 Å². The van der Waals surface area contributed by atoms with Gasteiger partial charge < -0.3 is 9.16 Å². The van der Waals surface area contributed by atoms with Crippen LogP contribution in [0.5, 0.6) is 0 Å². The molecule has 2 aliphatic rings. The van der Waals surface area contributed by atoms with Crippen LogP contribution in [0, 0.1) is 5.92 Å². The predicted molar refractivity (Wildman–Crippen MR) is 73.8 cm³/mol. The van der Waals surface area contributed by atoms with E-state index in [-0.39, 0.29) is 0 Å². The first-order valence-electron chi connectivity index (χ1n) is 7.40. The van der Waals surface area contributed by atoms with Crippen LogP contribution in [0.2, 0.25) is 19.1 Å². The Hall–Kier alpha value is 0.137. The molecule has 1 saturated heterocycles. The number of ether oxygens (including phenoxy) is 1. The van der Waals surface area contributed by atoms with Crippen LogP contribution in [0.1, 0.15) is 45.4 Å². The molecule has 100 valence electrons. The maximum atomic E-state index is 6.11. The van der Waals surface area contributed by atoms with Gasteiger partial charge in [-0.1, -0.05) is 19.8 Å². The summed E-state index contributed by atoms with van der Waals surface area (Å²) in [6.07, 6.45) is 9.15. The van der Waals surface area contributed by atoms with Gasteiger partial charge in [-0.05, 0) is 50.7 Å². The highest BCUT2D eigenvalue weighted by Crippen LogP contribution is 2.41. The van der Waals surface area contributed by atoms with Crippen LogP contribution in [0.4, 0.5) is 0 Å². The van der Waals surface area contributed by atoms with Crippen LogP contribution in [0.25, 0.3) is 0 Å². The highest BCUT2D eigenvalue weighted by atomic mass is 28.4. The van der Waals surface area contributed by atoms with Crippen LogP contribution in [-0.4, -0.2) is 27.1 Å². The molecule has 1 aliphatic carbocycles. The Morgan fingerprint density at radius 2 is 2.06 bits per heavy atom. The maximum Gasteiger partial charge on any atom is 0.186 e. The quantitative estimate of drug-likeness (QED) is 0.390. The molecule has 2 nitrogen and oxygen atoms in total. The van der Waals surface area contributed by atoms with Crippen LogP contribution in [0.15, 0.2) is 0 Å². The third-order valence-corrected chi connectivity index (χ3v) is 6.74. The lowest BCUT2D eigenvalue weighted by atomic mass is 9.88. The third kappa shape index (κ3) is 4.38. The van der Waals surface area contributed by atoms with Crippen molar-refractivity contribution in [2.75, 3.05) is 6.61 Å². The molecule has 0 bridgehead atoms. The molecule has 0 amide bonds. The predicted octanol–water partition coefficient (Wildman–Crippen LogP) is 3.97. The summed E-state index contributed by atoms with van der Waals surface area (Å²) >= 11 is 0. The van der Waals surface area contributed by atoms with E-state index in [1.807, 2.05) is 0 Å². The smallest absolute Gasteiger partial charge is 0.186 e. The molecule has 1 heterocycles. The first kappa shape index (κ1) is 13.6. The molecule has 0 aromatic carbocycles. The molecule has 3 unspecified atom stereocenters. The first-order valence-corrected chi connectivity index (χ1v) is 10.5. The standard InChI is InChI=1S/C14H28O2Si/c1-4-5-9-15-17(2,3)10-8-12-6-7-13-14(11-12)16-13/h12-14H,4-11H2,1-3H3. The number of epoxide rings is 1. The van der Waals surface area contributed by atoms with Crippen molar-refractivity contribution in [1.82, 2.24) is 0 Å². The van der Waals surface area contributed by atoms with Crippen molar-refractivity contribution < 1.29 is 9.16 Å². The lowest BCUT2D eigenvalue weighted by Crippen LogP contribution is -2.31. The average Bonchev–Trinajstić information content (AvgIpc) is 3.05. The zero-order valence-corrected chi connectivity index (χ0v) is 12.7. The molecule has 2 rings (SSSR count). The van der Waals surface area contributed by atoms with Gasteiger partial charge in [0.2, 0.25) is 0 Å². The van der Waals surface area contributed by atoms with Crippen LogP contribution < -0.4 is 0 Å². The minimum absolute atomic E-state index is 0.638. The topological polar surface area (TPSA) is 21.8 Å². The summed E-state index contributed by atoms with van der Waals surface area (Å²) in [5.74, 6) is 0.917. The third-order valence-electron chi connectivity index (χ3n) is 4.26. The molecular formula is C14H28O2Si. The van der Waals surface area contributed by atoms with Crippen molar-refractivity contribution in [2.45, 2.75) is 76.8 Å². The number of rotatable bonds is 7. The number of hydrogen-bond acceptors (Lipinski definition) is 2. The fourth-order valence-electron chi connectivity index (χ4n) is 2.87. The lowest BCUT2D eigenvalue weighted by molar-refractivity contribution is 0.291. The number of hydrogen-bond donors (Lipinski definition) is 0. The van der Waals surface area contributed by atoms with E-state index in [2.05, 4.69) is 20.0 Å². The molecular weight excluding hydrogens is 228 g/mol. The Morgan fingerprint density at radius 3 is 2.76 bits per heavy atom. The maximum absolute atomic E-state index is 6.11. The molecule has 2 fully saturated rings. The second-order valence-electron chi connectivity index (χ2n) is 6.39. The van der Waals surface area contributed by atoms with Gasteiger partial charge in [0.1, 0.15) is 0 Å². The summed E-state index contributed by atoms with van der Waals surface area (Å²) in [6.45, 7) is 7.96. The Balaban J connectivity index is 1.62. The average molecular weight is 256 g/mol. The van der Waals surface area contributed by atoms with Gasteiger partial charge in [0.15, 0.2) is 8.32 Å². The minimum atomic E-state index is -1.37. The van der Waals surface area contributed by atoms with Gasteiger partial charge in [-0.25, -0.2) is 0 Å².